The average Bonchev–Trinajstić information content (AvgIpc) is 3.17. The maximum absolute atomic E-state index is 8.74. The van der Waals surface area contributed by atoms with E-state index in [1.807, 2.05) is 38.4 Å². The molecule has 0 aromatic carbocycles. The van der Waals surface area contributed by atoms with Crippen molar-refractivity contribution >= 4 is 33.2 Å². The van der Waals surface area contributed by atoms with Crippen molar-refractivity contribution in [2.45, 2.75) is 33.2 Å². The summed E-state index contributed by atoms with van der Waals surface area (Å²) in [6.07, 6.45) is 4.05. The van der Waals surface area contributed by atoms with Crippen molar-refractivity contribution in [2.24, 2.45) is 0 Å². The van der Waals surface area contributed by atoms with E-state index in [1.165, 1.54) is 0 Å². The highest BCUT2D eigenvalue weighted by Crippen LogP contribution is 2.31. The third kappa shape index (κ3) is 3.26. The van der Waals surface area contributed by atoms with Gasteiger partial charge in [0.2, 0.25) is 5.28 Å². The van der Waals surface area contributed by atoms with E-state index in [0.717, 1.165) is 21.5 Å². The van der Waals surface area contributed by atoms with E-state index in [0.29, 0.717) is 6.42 Å². The summed E-state index contributed by atoms with van der Waals surface area (Å²) in [6, 6.07) is 4.09. The molecule has 7 heteroatoms. The van der Waals surface area contributed by atoms with Crippen molar-refractivity contribution < 1.29 is 0 Å². The summed E-state index contributed by atoms with van der Waals surface area (Å²) in [5.41, 5.74) is 2.50. The fourth-order valence-corrected chi connectivity index (χ4v) is 2.98. The van der Waals surface area contributed by atoms with Crippen molar-refractivity contribution in [1.82, 2.24) is 19.7 Å². The maximum Gasteiger partial charge on any atom is 0.223 e. The standard InChI is InChI=1S/C13H10ClN5S.C2H6/c1-8(2-4-15)19-7-9(6-16-19)11-12-10(3-5-20-12)17-13(14)18-11;1-2/h3,5-8H,2H2,1H3;1-2H3. The van der Waals surface area contributed by atoms with Gasteiger partial charge in [-0.15, -0.1) is 11.3 Å². The molecule has 0 radical (unpaired) electrons. The number of nitriles is 1. The molecular weight excluding hydrogens is 318 g/mol. The highest BCUT2D eigenvalue weighted by molar-refractivity contribution is 7.17. The van der Waals surface area contributed by atoms with Crippen molar-refractivity contribution in [3.05, 3.63) is 29.1 Å². The molecular formula is C15H16ClN5S. The first-order valence-corrected chi connectivity index (χ1v) is 8.27. The number of hydrogen-bond donors (Lipinski definition) is 0. The Morgan fingerprint density at radius 2 is 2.18 bits per heavy atom. The Labute approximate surface area is 138 Å². The van der Waals surface area contributed by atoms with E-state index in [9.17, 15) is 0 Å². The zero-order valence-corrected chi connectivity index (χ0v) is 14.2. The number of aromatic nitrogens is 4. The van der Waals surface area contributed by atoms with Crippen LogP contribution in [0.3, 0.4) is 0 Å². The Bertz CT molecular complexity index is 802. The topological polar surface area (TPSA) is 67.4 Å². The van der Waals surface area contributed by atoms with Gasteiger partial charge in [0.15, 0.2) is 0 Å². The second-order valence-electron chi connectivity index (χ2n) is 4.40. The summed E-state index contributed by atoms with van der Waals surface area (Å²) in [5, 5.41) is 15.2. The number of fused-ring (bicyclic) bond motifs is 1. The Morgan fingerprint density at radius 3 is 2.91 bits per heavy atom. The molecule has 1 atom stereocenters. The quantitative estimate of drug-likeness (QED) is 0.651. The Morgan fingerprint density at radius 1 is 1.41 bits per heavy atom. The molecule has 0 amide bonds. The second kappa shape index (κ2) is 7.34. The average molecular weight is 334 g/mol. The van der Waals surface area contributed by atoms with Crippen molar-refractivity contribution in [1.29, 1.82) is 5.26 Å². The Hall–Kier alpha value is -1.97. The summed E-state index contributed by atoms with van der Waals surface area (Å²) < 4.78 is 2.76. The minimum atomic E-state index is 0.0323. The third-order valence-electron chi connectivity index (χ3n) is 2.99. The highest BCUT2D eigenvalue weighted by Gasteiger charge is 2.13. The van der Waals surface area contributed by atoms with E-state index in [4.69, 9.17) is 16.9 Å². The SMILES string of the molecule is CC.CC(CC#N)n1cc(-c2nc(Cl)nc3ccsc23)cn1. The van der Waals surface area contributed by atoms with Crippen molar-refractivity contribution in [3.8, 4) is 17.3 Å². The molecule has 3 aromatic rings. The van der Waals surface area contributed by atoms with E-state index in [-0.39, 0.29) is 11.3 Å². The maximum atomic E-state index is 8.74. The second-order valence-corrected chi connectivity index (χ2v) is 5.65. The molecule has 114 valence electrons. The van der Waals surface area contributed by atoms with Gasteiger partial charge in [-0.05, 0) is 30.0 Å². The van der Waals surface area contributed by atoms with Gasteiger partial charge in [-0.3, -0.25) is 4.68 Å². The monoisotopic (exact) mass is 333 g/mol. The van der Waals surface area contributed by atoms with Gasteiger partial charge in [0.1, 0.15) is 0 Å². The van der Waals surface area contributed by atoms with Gasteiger partial charge in [0.25, 0.3) is 0 Å². The van der Waals surface area contributed by atoms with Crippen LogP contribution in [0.15, 0.2) is 23.8 Å². The van der Waals surface area contributed by atoms with Gasteiger partial charge in [-0.25, -0.2) is 9.97 Å². The lowest BCUT2D eigenvalue weighted by Crippen LogP contribution is -2.04. The van der Waals surface area contributed by atoms with E-state index >= 15 is 0 Å². The molecule has 0 aliphatic rings. The lowest BCUT2D eigenvalue weighted by molar-refractivity contribution is 0.500. The van der Waals surface area contributed by atoms with Crippen LogP contribution >= 0.6 is 22.9 Å². The smallest absolute Gasteiger partial charge is 0.223 e. The van der Waals surface area contributed by atoms with E-state index < -0.39 is 0 Å². The van der Waals surface area contributed by atoms with Crippen molar-refractivity contribution in [2.75, 3.05) is 0 Å². The molecule has 3 rings (SSSR count). The van der Waals surface area contributed by atoms with Gasteiger partial charge < -0.3 is 0 Å². The van der Waals surface area contributed by atoms with Crippen LogP contribution < -0.4 is 0 Å². The molecule has 22 heavy (non-hydrogen) atoms. The molecule has 0 saturated heterocycles. The van der Waals surface area contributed by atoms with Crippen LogP contribution in [-0.4, -0.2) is 19.7 Å². The highest BCUT2D eigenvalue weighted by atomic mass is 35.5. The number of hydrogen-bond acceptors (Lipinski definition) is 5. The Balaban J connectivity index is 0.000000847. The molecule has 0 aliphatic heterocycles. The molecule has 0 fully saturated rings. The first-order chi connectivity index (χ1) is 10.7. The van der Waals surface area contributed by atoms with Gasteiger partial charge >= 0.3 is 0 Å². The predicted molar refractivity (Wildman–Crippen MR) is 89.9 cm³/mol. The summed E-state index contributed by atoms with van der Waals surface area (Å²) in [4.78, 5) is 8.50. The molecule has 0 N–H and O–H groups in total. The number of nitrogens with zero attached hydrogens (tertiary/aromatic N) is 5. The van der Waals surface area contributed by atoms with Gasteiger partial charge in [-0.1, -0.05) is 13.8 Å². The lowest BCUT2D eigenvalue weighted by Gasteiger charge is -2.06. The first-order valence-electron chi connectivity index (χ1n) is 7.01. The van der Waals surface area contributed by atoms with Crippen LogP contribution in [0.5, 0.6) is 0 Å². The normalized spacial score (nSPS) is 11.6. The van der Waals surface area contributed by atoms with Gasteiger partial charge in [0.05, 0.1) is 40.6 Å². The van der Waals surface area contributed by atoms with Gasteiger partial charge in [-0.2, -0.15) is 10.4 Å². The molecule has 5 nitrogen and oxygen atoms in total. The molecule has 3 heterocycles. The fourth-order valence-electron chi connectivity index (χ4n) is 1.96. The van der Waals surface area contributed by atoms with Crippen LogP contribution in [0.25, 0.3) is 21.5 Å². The molecule has 3 aromatic heterocycles. The van der Waals surface area contributed by atoms with Crippen molar-refractivity contribution in [3.63, 3.8) is 0 Å². The summed E-state index contributed by atoms with van der Waals surface area (Å²) in [7, 11) is 0. The minimum Gasteiger partial charge on any atom is -0.268 e. The third-order valence-corrected chi connectivity index (χ3v) is 4.07. The summed E-state index contributed by atoms with van der Waals surface area (Å²) in [6.45, 7) is 5.95. The zero-order valence-electron chi connectivity index (χ0n) is 12.6. The summed E-state index contributed by atoms with van der Waals surface area (Å²) in [5.74, 6) is 0. The lowest BCUT2D eigenvalue weighted by atomic mass is 10.2. The van der Waals surface area contributed by atoms with Crippen LogP contribution in [0.2, 0.25) is 5.28 Å². The predicted octanol–water partition coefficient (Wildman–Crippen LogP) is 4.71. The molecule has 0 aliphatic carbocycles. The number of rotatable bonds is 3. The number of thiophene rings is 1. The molecule has 0 bridgehead atoms. The largest absolute Gasteiger partial charge is 0.268 e. The van der Waals surface area contributed by atoms with E-state index in [2.05, 4.69) is 21.1 Å². The van der Waals surface area contributed by atoms with Crippen LogP contribution in [0.4, 0.5) is 0 Å². The molecule has 1 unspecified atom stereocenters. The molecule has 0 saturated carbocycles. The number of halogens is 1. The first kappa shape index (κ1) is 16.4. The fraction of sp³-hybridized carbons (Fsp3) is 0.333. The van der Waals surface area contributed by atoms with E-state index in [1.54, 1.807) is 22.2 Å². The minimum absolute atomic E-state index is 0.0323. The molecule has 0 spiro atoms. The van der Waals surface area contributed by atoms with Crippen LogP contribution in [-0.2, 0) is 0 Å². The zero-order chi connectivity index (χ0) is 16.1. The summed E-state index contributed by atoms with van der Waals surface area (Å²) >= 11 is 7.53. The van der Waals surface area contributed by atoms with Crippen LogP contribution in [0.1, 0.15) is 33.2 Å². The van der Waals surface area contributed by atoms with Crippen LogP contribution in [0, 0.1) is 11.3 Å². The van der Waals surface area contributed by atoms with Gasteiger partial charge in [0, 0.05) is 11.8 Å². The Kier molecular flexibility index (Phi) is 5.47.